The van der Waals surface area contributed by atoms with E-state index in [0.717, 1.165) is 29.4 Å². The standard InChI is InChI=1S/C24H34NOP/c1-2-3-15-22(20-21-13-7-4-8-14-21)25-27(26,23-16-9-5-10-17-23)24-18-11-6-12-19-24/h5-6,9-12,16-19,21-22H,2-4,7-8,13-15,20H2,1H3,(H,25,26)/t22-/m1/s1. The van der Waals surface area contributed by atoms with Crippen LogP contribution in [0.2, 0.25) is 0 Å². The van der Waals surface area contributed by atoms with Crippen LogP contribution >= 0.6 is 7.29 Å². The summed E-state index contributed by atoms with van der Waals surface area (Å²) in [5, 5.41) is 5.54. The van der Waals surface area contributed by atoms with Crippen LogP contribution < -0.4 is 15.7 Å². The van der Waals surface area contributed by atoms with E-state index >= 15 is 0 Å². The van der Waals surface area contributed by atoms with Crippen molar-refractivity contribution in [3.8, 4) is 0 Å². The third kappa shape index (κ3) is 5.56. The van der Waals surface area contributed by atoms with Crippen molar-refractivity contribution in [2.45, 2.75) is 70.8 Å². The van der Waals surface area contributed by atoms with E-state index in [1.807, 2.05) is 60.7 Å². The van der Waals surface area contributed by atoms with Crippen LogP contribution in [-0.4, -0.2) is 6.04 Å². The molecule has 0 bridgehead atoms. The molecule has 1 N–H and O–H groups in total. The molecule has 27 heavy (non-hydrogen) atoms. The molecule has 1 saturated carbocycles. The van der Waals surface area contributed by atoms with Crippen LogP contribution in [0.1, 0.15) is 64.7 Å². The lowest BCUT2D eigenvalue weighted by Crippen LogP contribution is -2.36. The Kier molecular flexibility index (Phi) is 7.73. The lowest BCUT2D eigenvalue weighted by Gasteiger charge is -2.31. The van der Waals surface area contributed by atoms with Crippen LogP contribution in [0.3, 0.4) is 0 Å². The summed E-state index contributed by atoms with van der Waals surface area (Å²) in [6.07, 6.45) is 11.4. The second-order valence-corrected chi connectivity index (χ2v) is 10.5. The molecule has 0 aliphatic heterocycles. The quantitative estimate of drug-likeness (QED) is 0.535. The van der Waals surface area contributed by atoms with E-state index in [0.29, 0.717) is 6.04 Å². The Hall–Kier alpha value is -1.37. The first-order valence-corrected chi connectivity index (χ1v) is 12.4. The molecule has 0 unspecified atom stereocenters. The molecule has 0 spiro atoms. The Morgan fingerprint density at radius 1 is 0.926 bits per heavy atom. The third-order valence-corrected chi connectivity index (χ3v) is 8.63. The maximum atomic E-state index is 14.3. The lowest BCUT2D eigenvalue weighted by atomic mass is 9.84. The molecule has 3 heteroatoms. The average Bonchev–Trinajstić information content (AvgIpc) is 2.74. The summed E-state index contributed by atoms with van der Waals surface area (Å²) in [5.74, 6) is 0.785. The highest BCUT2D eigenvalue weighted by Gasteiger charge is 2.31. The van der Waals surface area contributed by atoms with Gasteiger partial charge in [0.15, 0.2) is 0 Å². The van der Waals surface area contributed by atoms with Crippen molar-refractivity contribution in [2.24, 2.45) is 5.92 Å². The highest BCUT2D eigenvalue weighted by atomic mass is 31.2. The molecule has 2 aromatic rings. The number of nitrogens with one attached hydrogen (secondary N) is 1. The molecule has 3 rings (SSSR count). The molecule has 0 aromatic heterocycles. The third-order valence-electron chi connectivity index (χ3n) is 5.85. The van der Waals surface area contributed by atoms with E-state index in [2.05, 4.69) is 12.0 Å². The largest absolute Gasteiger partial charge is 0.297 e. The molecular weight excluding hydrogens is 349 g/mol. The van der Waals surface area contributed by atoms with Crippen LogP contribution in [0, 0.1) is 5.92 Å². The van der Waals surface area contributed by atoms with Crippen LogP contribution in [0.4, 0.5) is 0 Å². The Balaban J connectivity index is 1.86. The van der Waals surface area contributed by atoms with Gasteiger partial charge in [0.2, 0.25) is 7.29 Å². The first-order chi connectivity index (χ1) is 13.2. The fourth-order valence-electron chi connectivity index (χ4n) is 4.34. The first kappa shape index (κ1) is 20.4. The van der Waals surface area contributed by atoms with E-state index in [-0.39, 0.29) is 0 Å². The highest BCUT2D eigenvalue weighted by Crippen LogP contribution is 2.41. The van der Waals surface area contributed by atoms with Crippen molar-refractivity contribution in [3.63, 3.8) is 0 Å². The zero-order valence-corrected chi connectivity index (χ0v) is 17.5. The normalized spacial score (nSPS) is 16.9. The monoisotopic (exact) mass is 383 g/mol. The molecule has 0 heterocycles. The van der Waals surface area contributed by atoms with E-state index < -0.39 is 7.29 Å². The summed E-state index contributed by atoms with van der Waals surface area (Å²) in [6.45, 7) is 2.24. The second kappa shape index (κ2) is 10.2. The van der Waals surface area contributed by atoms with Gasteiger partial charge in [0.05, 0.1) is 0 Å². The van der Waals surface area contributed by atoms with Gasteiger partial charge in [-0.1, -0.05) is 88.3 Å². The number of benzene rings is 2. The van der Waals surface area contributed by atoms with Crippen LogP contribution in [0.15, 0.2) is 60.7 Å². The minimum absolute atomic E-state index is 0.319. The van der Waals surface area contributed by atoms with Gasteiger partial charge in [0.25, 0.3) is 0 Å². The molecule has 1 aliphatic rings. The highest BCUT2D eigenvalue weighted by molar-refractivity contribution is 7.76. The van der Waals surface area contributed by atoms with Crippen LogP contribution in [0.25, 0.3) is 0 Å². The maximum Gasteiger partial charge on any atom is 0.204 e. The van der Waals surface area contributed by atoms with Crippen molar-refractivity contribution < 1.29 is 4.57 Å². The predicted molar refractivity (Wildman–Crippen MR) is 117 cm³/mol. The summed E-state index contributed by atoms with van der Waals surface area (Å²) in [5.41, 5.74) is 0. The molecule has 146 valence electrons. The van der Waals surface area contributed by atoms with Crippen molar-refractivity contribution >= 4 is 17.9 Å². The van der Waals surface area contributed by atoms with Crippen LogP contribution in [-0.2, 0) is 4.57 Å². The molecule has 0 radical (unpaired) electrons. The van der Waals surface area contributed by atoms with Crippen LogP contribution in [0.5, 0.6) is 0 Å². The van der Waals surface area contributed by atoms with Gasteiger partial charge in [0, 0.05) is 16.7 Å². The SMILES string of the molecule is CCCC[C@H](CC1CCCCC1)NP(=O)(c1ccccc1)c1ccccc1. The van der Waals surface area contributed by atoms with Crippen molar-refractivity contribution in [3.05, 3.63) is 60.7 Å². The van der Waals surface area contributed by atoms with Crippen molar-refractivity contribution in [2.75, 3.05) is 0 Å². The molecule has 1 atom stereocenters. The number of unbranched alkanes of at least 4 members (excludes halogenated alkanes) is 1. The van der Waals surface area contributed by atoms with Gasteiger partial charge in [-0.05, 0) is 43.0 Å². The predicted octanol–water partition coefficient (Wildman–Crippen LogP) is 6.03. The van der Waals surface area contributed by atoms with Gasteiger partial charge in [-0.15, -0.1) is 0 Å². The number of hydrogen-bond acceptors (Lipinski definition) is 1. The second-order valence-electron chi connectivity index (χ2n) is 7.99. The summed E-state index contributed by atoms with van der Waals surface area (Å²) >= 11 is 0. The summed E-state index contributed by atoms with van der Waals surface area (Å²) < 4.78 is 14.3. The van der Waals surface area contributed by atoms with Gasteiger partial charge in [0.1, 0.15) is 0 Å². The Bertz CT molecular complexity index is 666. The Labute approximate surface area is 165 Å². The molecule has 2 nitrogen and oxygen atoms in total. The van der Waals surface area contributed by atoms with Gasteiger partial charge in [-0.25, -0.2) is 0 Å². The van der Waals surface area contributed by atoms with Gasteiger partial charge in [-0.2, -0.15) is 0 Å². The minimum Gasteiger partial charge on any atom is -0.297 e. The van der Waals surface area contributed by atoms with Gasteiger partial charge < -0.3 is 0 Å². The van der Waals surface area contributed by atoms with E-state index in [4.69, 9.17) is 0 Å². The van der Waals surface area contributed by atoms with Gasteiger partial charge >= 0.3 is 0 Å². The summed E-state index contributed by atoms with van der Waals surface area (Å²) in [4.78, 5) is 0. The van der Waals surface area contributed by atoms with E-state index in [9.17, 15) is 4.57 Å². The van der Waals surface area contributed by atoms with E-state index in [1.165, 1.54) is 44.9 Å². The topological polar surface area (TPSA) is 29.1 Å². The fourth-order valence-corrected chi connectivity index (χ4v) is 6.87. The zero-order valence-electron chi connectivity index (χ0n) is 16.6. The average molecular weight is 384 g/mol. The van der Waals surface area contributed by atoms with Crippen molar-refractivity contribution in [1.82, 2.24) is 5.09 Å². The molecular formula is C24H34NOP. The fraction of sp³-hybridized carbons (Fsp3) is 0.500. The zero-order chi connectivity index (χ0) is 19.0. The molecule has 0 amide bonds. The first-order valence-electron chi connectivity index (χ1n) is 10.7. The molecule has 1 aliphatic carbocycles. The lowest BCUT2D eigenvalue weighted by molar-refractivity contribution is 0.303. The van der Waals surface area contributed by atoms with E-state index in [1.54, 1.807) is 0 Å². The van der Waals surface area contributed by atoms with Gasteiger partial charge in [-0.3, -0.25) is 9.65 Å². The van der Waals surface area contributed by atoms with Crippen molar-refractivity contribution in [1.29, 1.82) is 0 Å². The summed E-state index contributed by atoms with van der Waals surface area (Å²) in [6, 6.07) is 20.3. The maximum absolute atomic E-state index is 14.3. The summed E-state index contributed by atoms with van der Waals surface area (Å²) in [7, 11) is -2.84. The molecule has 1 fully saturated rings. The molecule has 2 aromatic carbocycles. The Morgan fingerprint density at radius 2 is 1.48 bits per heavy atom. The number of rotatable bonds is 9. The minimum atomic E-state index is -2.84. The molecule has 0 saturated heterocycles. The number of hydrogen-bond donors (Lipinski definition) is 1. The Morgan fingerprint density at radius 3 is 2.00 bits per heavy atom. The smallest absolute Gasteiger partial charge is 0.204 e.